The van der Waals surface area contributed by atoms with Gasteiger partial charge in [0.25, 0.3) is 10.2 Å². The molecular weight excluding hydrogens is 230 g/mol. The lowest BCUT2D eigenvalue weighted by atomic mass is 10.3. The molecule has 0 aromatic heterocycles. The van der Waals surface area contributed by atoms with E-state index in [9.17, 15) is 8.42 Å². The zero-order chi connectivity index (χ0) is 12.2. The molecular formula is C9H21N3O3S. The number of morpholine rings is 1. The van der Waals surface area contributed by atoms with Crippen LogP contribution in [0.25, 0.3) is 0 Å². The highest BCUT2D eigenvalue weighted by Gasteiger charge is 2.35. The minimum Gasteiger partial charge on any atom is -0.378 e. The van der Waals surface area contributed by atoms with E-state index in [2.05, 4.69) is 0 Å². The van der Waals surface area contributed by atoms with Crippen molar-refractivity contribution in [2.75, 3.05) is 39.4 Å². The first-order chi connectivity index (χ1) is 7.57. The number of nitrogens with zero attached hydrogens (tertiary/aromatic N) is 2. The second-order valence-electron chi connectivity index (χ2n) is 3.67. The molecule has 1 unspecified atom stereocenters. The summed E-state index contributed by atoms with van der Waals surface area (Å²) >= 11 is 0. The Morgan fingerprint density at radius 1 is 1.44 bits per heavy atom. The summed E-state index contributed by atoms with van der Waals surface area (Å²) in [5.41, 5.74) is 5.57. The molecule has 2 N–H and O–H groups in total. The summed E-state index contributed by atoms with van der Waals surface area (Å²) in [7, 11) is -3.38. The lowest BCUT2D eigenvalue weighted by Gasteiger charge is -2.36. The molecule has 16 heavy (non-hydrogen) atoms. The maximum Gasteiger partial charge on any atom is 0.282 e. The number of hydrogen-bond donors (Lipinski definition) is 1. The molecule has 1 aliphatic heterocycles. The Morgan fingerprint density at radius 3 is 2.56 bits per heavy atom. The standard InChI is InChI=1S/C9H21N3O3S/c1-3-11(4-2)16(13,14)12-5-6-15-8-9(12)7-10/h9H,3-8,10H2,1-2H3. The Bertz CT molecular complexity index is 303. The van der Waals surface area contributed by atoms with E-state index >= 15 is 0 Å². The van der Waals surface area contributed by atoms with Crippen molar-refractivity contribution in [2.24, 2.45) is 5.73 Å². The van der Waals surface area contributed by atoms with Gasteiger partial charge in [-0.25, -0.2) is 0 Å². The van der Waals surface area contributed by atoms with Crippen LogP contribution < -0.4 is 5.73 Å². The summed E-state index contributed by atoms with van der Waals surface area (Å²) in [5, 5.41) is 0. The van der Waals surface area contributed by atoms with Crippen LogP contribution in [0, 0.1) is 0 Å². The first-order valence-electron chi connectivity index (χ1n) is 5.62. The van der Waals surface area contributed by atoms with E-state index < -0.39 is 10.2 Å². The molecule has 0 amide bonds. The van der Waals surface area contributed by atoms with Crippen LogP contribution >= 0.6 is 0 Å². The van der Waals surface area contributed by atoms with E-state index in [1.165, 1.54) is 8.61 Å². The number of hydrogen-bond acceptors (Lipinski definition) is 4. The van der Waals surface area contributed by atoms with Gasteiger partial charge in [0.15, 0.2) is 0 Å². The van der Waals surface area contributed by atoms with Crippen molar-refractivity contribution in [1.29, 1.82) is 0 Å². The zero-order valence-electron chi connectivity index (χ0n) is 9.92. The summed E-state index contributed by atoms with van der Waals surface area (Å²) in [6.45, 7) is 6.13. The molecule has 1 atom stereocenters. The van der Waals surface area contributed by atoms with Crippen molar-refractivity contribution in [3.63, 3.8) is 0 Å². The van der Waals surface area contributed by atoms with Gasteiger partial charge < -0.3 is 10.5 Å². The average molecular weight is 251 g/mol. The van der Waals surface area contributed by atoms with Crippen molar-refractivity contribution < 1.29 is 13.2 Å². The first kappa shape index (κ1) is 13.9. The molecule has 1 rings (SSSR count). The van der Waals surface area contributed by atoms with Crippen LogP contribution in [0.1, 0.15) is 13.8 Å². The van der Waals surface area contributed by atoms with E-state index in [4.69, 9.17) is 10.5 Å². The smallest absolute Gasteiger partial charge is 0.282 e. The monoisotopic (exact) mass is 251 g/mol. The number of nitrogens with two attached hydrogens (primary N) is 1. The van der Waals surface area contributed by atoms with Crippen LogP contribution in [0.15, 0.2) is 0 Å². The molecule has 0 saturated carbocycles. The molecule has 0 aromatic rings. The van der Waals surface area contributed by atoms with Crippen molar-refractivity contribution in [2.45, 2.75) is 19.9 Å². The van der Waals surface area contributed by atoms with Gasteiger partial charge in [0.1, 0.15) is 0 Å². The molecule has 0 bridgehead atoms. The van der Waals surface area contributed by atoms with E-state index in [0.717, 1.165) is 0 Å². The topological polar surface area (TPSA) is 75.9 Å². The molecule has 0 spiro atoms. The normalized spacial score (nSPS) is 23.9. The Balaban J connectivity index is 2.87. The number of rotatable bonds is 5. The maximum atomic E-state index is 12.3. The van der Waals surface area contributed by atoms with Crippen molar-refractivity contribution in [3.05, 3.63) is 0 Å². The maximum absolute atomic E-state index is 12.3. The molecule has 1 aliphatic rings. The van der Waals surface area contributed by atoms with Gasteiger partial charge in [-0.05, 0) is 0 Å². The van der Waals surface area contributed by atoms with E-state index in [1.54, 1.807) is 0 Å². The van der Waals surface area contributed by atoms with Crippen molar-refractivity contribution >= 4 is 10.2 Å². The summed E-state index contributed by atoms with van der Waals surface area (Å²) < 4.78 is 32.7. The fraction of sp³-hybridized carbons (Fsp3) is 1.00. The van der Waals surface area contributed by atoms with E-state index in [0.29, 0.717) is 39.4 Å². The molecule has 1 heterocycles. The van der Waals surface area contributed by atoms with Crippen LogP contribution in [-0.2, 0) is 14.9 Å². The Morgan fingerprint density at radius 2 is 2.06 bits per heavy atom. The van der Waals surface area contributed by atoms with Crippen molar-refractivity contribution in [3.8, 4) is 0 Å². The Labute approximate surface area is 97.5 Å². The molecule has 0 aromatic carbocycles. The van der Waals surface area contributed by atoms with Gasteiger partial charge in [-0.15, -0.1) is 0 Å². The van der Waals surface area contributed by atoms with Gasteiger partial charge in [-0.3, -0.25) is 0 Å². The lowest BCUT2D eigenvalue weighted by molar-refractivity contribution is 0.0331. The molecule has 6 nitrogen and oxygen atoms in total. The molecule has 96 valence electrons. The third-order valence-corrected chi connectivity index (χ3v) is 5.02. The van der Waals surface area contributed by atoms with Crippen LogP contribution in [0.5, 0.6) is 0 Å². The summed E-state index contributed by atoms with van der Waals surface area (Å²) in [6, 6.07) is -0.237. The van der Waals surface area contributed by atoms with Gasteiger partial charge in [-0.2, -0.15) is 17.0 Å². The molecule has 1 fully saturated rings. The van der Waals surface area contributed by atoms with Gasteiger partial charge >= 0.3 is 0 Å². The van der Waals surface area contributed by atoms with Crippen LogP contribution in [-0.4, -0.2) is 62.5 Å². The van der Waals surface area contributed by atoms with Crippen LogP contribution in [0.2, 0.25) is 0 Å². The second kappa shape index (κ2) is 5.92. The second-order valence-corrected chi connectivity index (χ2v) is 5.55. The van der Waals surface area contributed by atoms with Crippen molar-refractivity contribution in [1.82, 2.24) is 8.61 Å². The third kappa shape index (κ3) is 2.72. The predicted octanol–water partition coefficient (Wildman–Crippen LogP) is -0.767. The highest BCUT2D eigenvalue weighted by atomic mass is 32.2. The Kier molecular flexibility index (Phi) is 5.13. The molecule has 1 saturated heterocycles. The van der Waals surface area contributed by atoms with Gasteiger partial charge in [0, 0.05) is 26.2 Å². The van der Waals surface area contributed by atoms with E-state index in [-0.39, 0.29) is 6.04 Å². The van der Waals surface area contributed by atoms with Gasteiger partial charge in [0.2, 0.25) is 0 Å². The van der Waals surface area contributed by atoms with Crippen LogP contribution in [0.3, 0.4) is 0 Å². The highest BCUT2D eigenvalue weighted by Crippen LogP contribution is 2.15. The minimum absolute atomic E-state index is 0.237. The summed E-state index contributed by atoms with van der Waals surface area (Å²) in [5.74, 6) is 0. The highest BCUT2D eigenvalue weighted by molar-refractivity contribution is 7.86. The first-order valence-corrected chi connectivity index (χ1v) is 7.02. The summed E-state index contributed by atoms with van der Waals surface area (Å²) in [4.78, 5) is 0. The fourth-order valence-corrected chi connectivity index (χ4v) is 3.61. The zero-order valence-corrected chi connectivity index (χ0v) is 10.7. The quantitative estimate of drug-likeness (QED) is 0.696. The lowest BCUT2D eigenvalue weighted by Crippen LogP contribution is -2.56. The summed E-state index contributed by atoms with van der Waals surface area (Å²) in [6.07, 6.45) is 0. The van der Waals surface area contributed by atoms with Crippen LogP contribution in [0.4, 0.5) is 0 Å². The van der Waals surface area contributed by atoms with Gasteiger partial charge in [0.05, 0.1) is 19.3 Å². The minimum atomic E-state index is -3.38. The SMILES string of the molecule is CCN(CC)S(=O)(=O)N1CCOCC1CN. The largest absolute Gasteiger partial charge is 0.378 e. The molecule has 7 heteroatoms. The Hall–Kier alpha value is -0.210. The molecule has 0 radical (unpaired) electrons. The predicted molar refractivity (Wildman–Crippen MR) is 62.2 cm³/mol. The molecule has 0 aliphatic carbocycles. The average Bonchev–Trinajstić information content (AvgIpc) is 2.30. The van der Waals surface area contributed by atoms with E-state index in [1.807, 2.05) is 13.8 Å². The third-order valence-electron chi connectivity index (χ3n) is 2.77. The fourth-order valence-electron chi connectivity index (χ4n) is 1.83. The van der Waals surface area contributed by atoms with Gasteiger partial charge in [-0.1, -0.05) is 13.8 Å². The number of ether oxygens (including phenoxy) is 1.